The molecule has 444 valence electrons. The molecule has 0 aliphatic carbocycles. The number of phosphoric acid groups is 1. The largest absolute Gasteiger partial charge is 0.472 e. The number of nitrogens with zero attached hydrogens (tertiary/aromatic N) is 1. The fourth-order valence-electron chi connectivity index (χ4n) is 9.32. The van der Waals surface area contributed by atoms with Crippen molar-refractivity contribution in [3.05, 3.63) is 72.9 Å². The monoisotopic (exact) mass is 1090 g/mol. The Morgan fingerprint density at radius 1 is 0.447 bits per heavy atom. The molecule has 0 fully saturated rings. The van der Waals surface area contributed by atoms with E-state index in [2.05, 4.69) is 79.9 Å². The van der Waals surface area contributed by atoms with E-state index in [4.69, 9.17) is 9.05 Å². The van der Waals surface area contributed by atoms with Gasteiger partial charge < -0.3 is 19.8 Å². The van der Waals surface area contributed by atoms with E-state index in [0.717, 1.165) is 57.8 Å². The summed E-state index contributed by atoms with van der Waals surface area (Å²) in [6.07, 6.45) is 80.3. The predicted molar refractivity (Wildman–Crippen MR) is 332 cm³/mol. The van der Waals surface area contributed by atoms with Crippen LogP contribution < -0.4 is 5.32 Å². The predicted octanol–water partition coefficient (Wildman–Crippen LogP) is 20.2. The summed E-state index contributed by atoms with van der Waals surface area (Å²) in [7, 11) is 1.55. The maximum absolute atomic E-state index is 13.0. The molecule has 0 rings (SSSR count). The first-order valence-electron chi connectivity index (χ1n) is 32.3. The molecule has 0 heterocycles. The maximum Gasteiger partial charge on any atom is 0.472 e. The van der Waals surface area contributed by atoms with Crippen molar-refractivity contribution < 1.29 is 32.9 Å². The van der Waals surface area contributed by atoms with Crippen molar-refractivity contribution in [1.82, 2.24) is 5.32 Å². The molecule has 0 aromatic carbocycles. The Bertz CT molecular complexity index is 1470. The standard InChI is InChI=1S/C67H125N2O6P/c1-6-8-10-12-14-16-18-20-22-24-26-28-30-31-32-33-34-35-36-37-39-41-43-45-47-49-51-53-55-57-59-61-67(71)68-65(64-75-76(72,73)74-63-62-69(3,4)5)66(70)60-58-56-54-52-50-48-46-44-42-40-38-29-27-25-23-21-19-17-15-13-11-9-7-2/h18,20,24,26,30-31,42,44,50,52,58,60,65-66,70H,6-17,19,21-23,25,27-29,32-41,43,45-49,51,53-57,59,61-64H2,1-5H3,(H-,68,71,72,73)/p+1/b20-18-,26-24-,31-30-,44-42+,52-50+,60-58+. The van der Waals surface area contributed by atoms with Gasteiger partial charge in [-0.25, -0.2) is 4.57 Å². The maximum atomic E-state index is 13.0. The molecule has 0 saturated carbocycles. The van der Waals surface area contributed by atoms with Crippen molar-refractivity contribution in [1.29, 1.82) is 0 Å². The zero-order chi connectivity index (χ0) is 55.6. The third-order valence-corrected chi connectivity index (χ3v) is 15.4. The Kier molecular flexibility index (Phi) is 56.1. The van der Waals surface area contributed by atoms with Crippen molar-refractivity contribution >= 4 is 13.7 Å². The number of aliphatic hydroxyl groups excluding tert-OH is 1. The smallest absolute Gasteiger partial charge is 0.387 e. The number of quaternary nitrogens is 1. The van der Waals surface area contributed by atoms with Crippen LogP contribution in [-0.4, -0.2) is 73.4 Å². The quantitative estimate of drug-likeness (QED) is 0.0243. The molecule has 0 aliphatic heterocycles. The van der Waals surface area contributed by atoms with E-state index < -0.39 is 20.0 Å². The fraction of sp³-hybridized carbons (Fsp3) is 0.806. The van der Waals surface area contributed by atoms with Crippen molar-refractivity contribution in [2.24, 2.45) is 0 Å². The first kappa shape index (κ1) is 73.9. The van der Waals surface area contributed by atoms with E-state index in [0.29, 0.717) is 17.4 Å². The van der Waals surface area contributed by atoms with Crippen LogP contribution in [0.4, 0.5) is 0 Å². The average molecular weight is 1090 g/mol. The third-order valence-electron chi connectivity index (χ3n) is 14.4. The number of hydrogen-bond donors (Lipinski definition) is 3. The second-order valence-corrected chi connectivity index (χ2v) is 24.6. The zero-order valence-electron chi connectivity index (χ0n) is 50.7. The van der Waals surface area contributed by atoms with Gasteiger partial charge in [-0.05, 0) is 83.5 Å². The van der Waals surface area contributed by atoms with Crippen LogP contribution in [0.1, 0.15) is 296 Å². The number of carbonyl (C=O) groups is 1. The summed E-state index contributed by atoms with van der Waals surface area (Å²) in [5.74, 6) is -0.189. The molecule has 0 spiro atoms. The highest BCUT2D eigenvalue weighted by Gasteiger charge is 2.27. The van der Waals surface area contributed by atoms with Crippen LogP contribution >= 0.6 is 7.82 Å². The Morgan fingerprint density at radius 2 is 0.763 bits per heavy atom. The number of carbonyl (C=O) groups excluding carboxylic acids is 1. The van der Waals surface area contributed by atoms with Crippen LogP contribution in [0.3, 0.4) is 0 Å². The fourth-order valence-corrected chi connectivity index (χ4v) is 10.1. The molecular formula is C67H126N2O6P+. The molecular weight excluding hydrogens is 960 g/mol. The molecule has 0 aliphatic rings. The molecule has 0 bridgehead atoms. The number of allylic oxidation sites excluding steroid dienone is 11. The summed E-state index contributed by atoms with van der Waals surface area (Å²) in [5, 5.41) is 13.9. The first-order valence-corrected chi connectivity index (χ1v) is 33.8. The highest BCUT2D eigenvalue weighted by molar-refractivity contribution is 7.47. The minimum Gasteiger partial charge on any atom is -0.387 e. The molecule has 3 N–H and O–H groups in total. The number of unbranched alkanes of at least 4 members (excludes halogenated alkanes) is 36. The Hall–Kier alpha value is -2.06. The van der Waals surface area contributed by atoms with E-state index >= 15 is 0 Å². The summed E-state index contributed by atoms with van der Waals surface area (Å²) in [6, 6.07) is -0.874. The van der Waals surface area contributed by atoms with Gasteiger partial charge >= 0.3 is 7.82 Å². The van der Waals surface area contributed by atoms with Crippen molar-refractivity contribution in [2.75, 3.05) is 40.9 Å². The van der Waals surface area contributed by atoms with Gasteiger partial charge in [-0.1, -0.05) is 279 Å². The number of likely N-dealkylation sites (N-methyl/N-ethyl adjacent to an activating group) is 1. The Labute approximate surface area is 472 Å². The average Bonchev–Trinajstić information content (AvgIpc) is 3.38. The van der Waals surface area contributed by atoms with E-state index in [-0.39, 0.29) is 19.1 Å². The van der Waals surface area contributed by atoms with E-state index in [1.807, 2.05) is 27.2 Å². The normalized spacial score (nSPS) is 14.2. The zero-order valence-corrected chi connectivity index (χ0v) is 51.6. The van der Waals surface area contributed by atoms with E-state index in [1.165, 1.54) is 218 Å². The Morgan fingerprint density at radius 3 is 1.14 bits per heavy atom. The minimum atomic E-state index is -4.37. The van der Waals surface area contributed by atoms with Crippen molar-refractivity contribution in [2.45, 2.75) is 309 Å². The summed E-state index contributed by atoms with van der Waals surface area (Å²) in [5.41, 5.74) is 0. The first-order chi connectivity index (χ1) is 37.0. The molecule has 0 aromatic rings. The highest BCUT2D eigenvalue weighted by atomic mass is 31.2. The lowest BCUT2D eigenvalue weighted by atomic mass is 10.0. The lowest BCUT2D eigenvalue weighted by Crippen LogP contribution is -2.45. The van der Waals surface area contributed by atoms with Crippen LogP contribution in [0.15, 0.2) is 72.9 Å². The molecule has 0 radical (unpaired) electrons. The number of phosphoric ester groups is 1. The summed E-state index contributed by atoms with van der Waals surface area (Å²) in [6.45, 7) is 4.80. The van der Waals surface area contributed by atoms with Gasteiger partial charge in [0.25, 0.3) is 0 Å². The number of aliphatic hydroxyl groups is 1. The van der Waals surface area contributed by atoms with E-state index in [9.17, 15) is 19.4 Å². The van der Waals surface area contributed by atoms with Gasteiger partial charge in [0.1, 0.15) is 13.2 Å². The summed E-state index contributed by atoms with van der Waals surface area (Å²) < 4.78 is 23.7. The number of amides is 1. The minimum absolute atomic E-state index is 0.0520. The highest BCUT2D eigenvalue weighted by Crippen LogP contribution is 2.43. The second kappa shape index (κ2) is 57.6. The van der Waals surface area contributed by atoms with Crippen LogP contribution in [-0.2, 0) is 18.4 Å². The molecule has 76 heavy (non-hydrogen) atoms. The van der Waals surface area contributed by atoms with Crippen LogP contribution in [0, 0.1) is 0 Å². The van der Waals surface area contributed by atoms with Gasteiger partial charge in [-0.3, -0.25) is 13.8 Å². The topological polar surface area (TPSA) is 105 Å². The summed E-state index contributed by atoms with van der Waals surface area (Å²) in [4.78, 5) is 23.4. The second-order valence-electron chi connectivity index (χ2n) is 23.1. The van der Waals surface area contributed by atoms with Gasteiger partial charge in [0, 0.05) is 6.42 Å². The number of nitrogens with one attached hydrogen (secondary N) is 1. The van der Waals surface area contributed by atoms with Gasteiger partial charge in [0.15, 0.2) is 0 Å². The number of rotatable bonds is 59. The van der Waals surface area contributed by atoms with Crippen molar-refractivity contribution in [3.63, 3.8) is 0 Å². The summed E-state index contributed by atoms with van der Waals surface area (Å²) >= 11 is 0. The molecule has 0 aromatic heterocycles. The SMILES string of the molecule is CCCCCCC/C=C\C/C=C\C/C=C\CCCCCCCCCCCCCCCCCCC(=O)NC(COP(=O)(O)OCC[N+](C)(C)C)C(O)/C=C/CC/C=C/CC/C=C/CCCCCCCCCCCCCCC. The number of hydrogen-bond acceptors (Lipinski definition) is 5. The third kappa shape index (κ3) is 59.6. The van der Waals surface area contributed by atoms with Gasteiger partial charge in [0.2, 0.25) is 5.91 Å². The van der Waals surface area contributed by atoms with Crippen LogP contribution in [0.5, 0.6) is 0 Å². The lowest BCUT2D eigenvalue weighted by molar-refractivity contribution is -0.870. The van der Waals surface area contributed by atoms with Crippen LogP contribution in [0.2, 0.25) is 0 Å². The lowest BCUT2D eigenvalue weighted by Gasteiger charge is -2.25. The molecule has 0 saturated heterocycles. The van der Waals surface area contributed by atoms with Crippen molar-refractivity contribution in [3.8, 4) is 0 Å². The van der Waals surface area contributed by atoms with Crippen LogP contribution in [0.25, 0.3) is 0 Å². The molecule has 9 heteroatoms. The van der Waals surface area contributed by atoms with Gasteiger partial charge in [-0.15, -0.1) is 0 Å². The van der Waals surface area contributed by atoms with E-state index in [1.54, 1.807) is 6.08 Å². The Balaban J connectivity index is 4.17. The molecule has 3 atom stereocenters. The van der Waals surface area contributed by atoms with Gasteiger partial charge in [-0.2, -0.15) is 0 Å². The molecule has 3 unspecified atom stereocenters. The molecule has 8 nitrogen and oxygen atoms in total. The van der Waals surface area contributed by atoms with Gasteiger partial charge in [0.05, 0.1) is 39.9 Å². The molecule has 1 amide bonds.